The second-order valence-electron chi connectivity index (χ2n) is 7.79. The van der Waals surface area contributed by atoms with Crippen LogP contribution in [0, 0.1) is 6.92 Å². The molecule has 0 unspecified atom stereocenters. The van der Waals surface area contributed by atoms with Crippen LogP contribution in [0.3, 0.4) is 0 Å². The van der Waals surface area contributed by atoms with Gasteiger partial charge in [0.05, 0.1) is 12.8 Å². The molecule has 0 saturated carbocycles. The minimum absolute atomic E-state index is 0.0952. The summed E-state index contributed by atoms with van der Waals surface area (Å²) < 4.78 is 5.35. The number of nitrogens with one attached hydrogen (secondary N) is 2. The first-order chi connectivity index (χ1) is 13.8. The van der Waals surface area contributed by atoms with Gasteiger partial charge in [0.15, 0.2) is 0 Å². The number of hydrogen-bond donors (Lipinski definition) is 2. The van der Waals surface area contributed by atoms with E-state index in [0.717, 1.165) is 16.9 Å². The molecule has 6 heteroatoms. The summed E-state index contributed by atoms with van der Waals surface area (Å²) >= 11 is 0. The highest BCUT2D eigenvalue weighted by molar-refractivity contribution is 6.03. The number of carbonyl (C=O) groups is 1. The summed E-state index contributed by atoms with van der Waals surface area (Å²) in [6.07, 6.45) is 0. The van der Waals surface area contributed by atoms with E-state index >= 15 is 0 Å². The lowest BCUT2D eigenvalue weighted by Gasteiger charge is -2.23. The Morgan fingerprint density at radius 3 is 2.31 bits per heavy atom. The maximum Gasteiger partial charge on any atom is 0.274 e. The molecule has 0 aliphatic carbocycles. The number of carbonyl (C=O) groups excluding carboxylic acids is 1. The van der Waals surface area contributed by atoms with E-state index in [1.165, 1.54) is 0 Å². The zero-order valence-corrected chi connectivity index (χ0v) is 17.4. The first-order valence-corrected chi connectivity index (χ1v) is 9.44. The predicted molar refractivity (Wildman–Crippen MR) is 116 cm³/mol. The first-order valence-electron chi connectivity index (χ1n) is 9.44. The van der Waals surface area contributed by atoms with Crippen molar-refractivity contribution in [2.75, 3.05) is 17.7 Å². The van der Waals surface area contributed by atoms with Crippen LogP contribution in [-0.2, 0) is 5.41 Å². The number of benzene rings is 2. The third-order valence-electron chi connectivity index (χ3n) is 4.42. The van der Waals surface area contributed by atoms with Gasteiger partial charge in [0.2, 0.25) is 5.95 Å². The molecule has 29 heavy (non-hydrogen) atoms. The van der Waals surface area contributed by atoms with Crippen LogP contribution in [0.25, 0.3) is 0 Å². The molecule has 1 heterocycles. The van der Waals surface area contributed by atoms with Gasteiger partial charge >= 0.3 is 0 Å². The van der Waals surface area contributed by atoms with Gasteiger partial charge in [-0.2, -0.15) is 0 Å². The molecule has 0 aliphatic rings. The monoisotopic (exact) mass is 390 g/mol. The van der Waals surface area contributed by atoms with Crippen LogP contribution in [0.4, 0.5) is 17.3 Å². The molecule has 0 spiro atoms. The van der Waals surface area contributed by atoms with Crippen molar-refractivity contribution in [3.8, 4) is 5.75 Å². The predicted octanol–water partition coefficient (Wildman–Crippen LogP) is 5.09. The Bertz CT molecular complexity index is 1030. The number of nitrogens with zero attached hydrogens (tertiary/aromatic N) is 2. The fraction of sp³-hybridized carbons (Fsp3) is 0.261. The third kappa shape index (κ3) is 4.90. The SMILES string of the molecule is COc1ccccc1Nc1nc(C)cc(C(=O)Nc2ccccc2C(C)(C)C)n1. The number of amides is 1. The van der Waals surface area contributed by atoms with E-state index in [-0.39, 0.29) is 11.3 Å². The number of methoxy groups -OCH3 is 1. The molecule has 0 saturated heterocycles. The molecule has 0 atom stereocenters. The average Bonchev–Trinajstić information content (AvgIpc) is 2.67. The molecule has 150 valence electrons. The molecule has 0 bridgehead atoms. The van der Waals surface area contributed by atoms with Crippen LogP contribution in [0.2, 0.25) is 0 Å². The van der Waals surface area contributed by atoms with Gasteiger partial charge in [-0.1, -0.05) is 51.1 Å². The lowest BCUT2D eigenvalue weighted by molar-refractivity contribution is 0.102. The normalized spacial score (nSPS) is 11.1. The van der Waals surface area contributed by atoms with Gasteiger partial charge in [0.25, 0.3) is 5.91 Å². The summed E-state index contributed by atoms with van der Waals surface area (Å²) in [5.74, 6) is 0.724. The highest BCUT2D eigenvalue weighted by Gasteiger charge is 2.20. The van der Waals surface area contributed by atoms with Gasteiger partial charge in [0, 0.05) is 11.4 Å². The number of para-hydroxylation sites is 3. The van der Waals surface area contributed by atoms with Crippen molar-refractivity contribution in [1.29, 1.82) is 0 Å². The van der Waals surface area contributed by atoms with Crippen molar-refractivity contribution in [3.63, 3.8) is 0 Å². The van der Waals surface area contributed by atoms with Crippen molar-refractivity contribution in [3.05, 3.63) is 71.5 Å². The summed E-state index contributed by atoms with van der Waals surface area (Å²) in [7, 11) is 1.60. The minimum Gasteiger partial charge on any atom is -0.495 e. The molecule has 2 aromatic carbocycles. The van der Waals surface area contributed by atoms with E-state index in [1.807, 2.05) is 55.5 Å². The molecule has 1 amide bonds. The Kier molecular flexibility index (Phi) is 5.82. The first kappa shape index (κ1) is 20.3. The van der Waals surface area contributed by atoms with Gasteiger partial charge in [0.1, 0.15) is 11.4 Å². The number of ether oxygens (including phenoxy) is 1. The Labute approximate surface area is 171 Å². The van der Waals surface area contributed by atoms with Crippen LogP contribution in [0.5, 0.6) is 5.75 Å². The molecular weight excluding hydrogens is 364 g/mol. The quantitative estimate of drug-likeness (QED) is 0.635. The van der Waals surface area contributed by atoms with Gasteiger partial charge in [-0.15, -0.1) is 0 Å². The van der Waals surface area contributed by atoms with E-state index in [0.29, 0.717) is 23.1 Å². The number of hydrogen-bond acceptors (Lipinski definition) is 5. The van der Waals surface area contributed by atoms with Gasteiger partial charge < -0.3 is 15.4 Å². The molecule has 0 radical (unpaired) electrons. The van der Waals surface area contributed by atoms with Crippen LogP contribution >= 0.6 is 0 Å². The Morgan fingerprint density at radius 2 is 1.62 bits per heavy atom. The lowest BCUT2D eigenvalue weighted by Crippen LogP contribution is -2.20. The number of aryl methyl sites for hydroxylation is 1. The molecule has 1 aromatic heterocycles. The second kappa shape index (κ2) is 8.31. The smallest absolute Gasteiger partial charge is 0.274 e. The van der Waals surface area contributed by atoms with Crippen molar-refractivity contribution in [2.24, 2.45) is 0 Å². The maximum atomic E-state index is 12.9. The fourth-order valence-electron chi connectivity index (χ4n) is 3.04. The molecule has 2 N–H and O–H groups in total. The van der Waals surface area contributed by atoms with Gasteiger partial charge in [-0.3, -0.25) is 4.79 Å². The summed E-state index contributed by atoms with van der Waals surface area (Å²) in [6, 6.07) is 17.0. The van der Waals surface area contributed by atoms with Crippen molar-refractivity contribution in [2.45, 2.75) is 33.1 Å². The standard InChI is InChI=1S/C23H26N4O2/c1-15-14-19(21(28)25-17-11-7-6-10-16(17)23(2,3)4)27-22(24-15)26-18-12-8-9-13-20(18)29-5/h6-14H,1-5H3,(H,25,28)(H,24,26,27). The van der Waals surface area contributed by atoms with Gasteiger partial charge in [-0.05, 0) is 42.2 Å². The largest absolute Gasteiger partial charge is 0.495 e. The summed E-state index contributed by atoms with van der Waals surface area (Å²) in [6.45, 7) is 8.17. The van der Waals surface area contributed by atoms with Crippen LogP contribution < -0.4 is 15.4 Å². The topological polar surface area (TPSA) is 76.1 Å². The molecule has 6 nitrogen and oxygen atoms in total. The average molecular weight is 390 g/mol. The molecule has 3 aromatic rings. The molecule has 0 fully saturated rings. The molecular formula is C23H26N4O2. The Hall–Kier alpha value is -3.41. The van der Waals surface area contributed by atoms with Gasteiger partial charge in [-0.25, -0.2) is 9.97 Å². The van der Waals surface area contributed by atoms with E-state index in [1.54, 1.807) is 13.2 Å². The molecule has 3 rings (SSSR count). The highest BCUT2D eigenvalue weighted by Crippen LogP contribution is 2.30. The van der Waals surface area contributed by atoms with E-state index in [9.17, 15) is 4.79 Å². The van der Waals surface area contributed by atoms with E-state index < -0.39 is 0 Å². The minimum atomic E-state index is -0.282. The van der Waals surface area contributed by atoms with Crippen LogP contribution in [-0.4, -0.2) is 23.0 Å². The Morgan fingerprint density at radius 1 is 0.966 bits per heavy atom. The zero-order chi connectivity index (χ0) is 21.0. The number of rotatable bonds is 5. The van der Waals surface area contributed by atoms with Crippen LogP contribution in [0.15, 0.2) is 54.6 Å². The summed E-state index contributed by atoms with van der Waals surface area (Å²) in [5, 5.41) is 6.12. The second-order valence-corrected chi connectivity index (χ2v) is 7.79. The summed E-state index contributed by atoms with van der Waals surface area (Å²) in [5.41, 5.74) is 3.45. The third-order valence-corrected chi connectivity index (χ3v) is 4.42. The van der Waals surface area contributed by atoms with Crippen molar-refractivity contribution in [1.82, 2.24) is 9.97 Å². The van der Waals surface area contributed by atoms with Crippen molar-refractivity contribution < 1.29 is 9.53 Å². The zero-order valence-electron chi connectivity index (χ0n) is 17.4. The van der Waals surface area contributed by atoms with Crippen LogP contribution in [0.1, 0.15) is 42.5 Å². The van der Waals surface area contributed by atoms with E-state index in [2.05, 4.69) is 41.4 Å². The number of aromatic nitrogens is 2. The highest BCUT2D eigenvalue weighted by atomic mass is 16.5. The Balaban J connectivity index is 1.88. The summed E-state index contributed by atoms with van der Waals surface area (Å²) in [4.78, 5) is 21.7. The lowest BCUT2D eigenvalue weighted by atomic mass is 9.86. The number of anilines is 3. The van der Waals surface area contributed by atoms with E-state index in [4.69, 9.17) is 4.74 Å². The van der Waals surface area contributed by atoms with Crippen molar-refractivity contribution >= 4 is 23.2 Å². The maximum absolute atomic E-state index is 12.9. The molecule has 0 aliphatic heterocycles. The fourth-order valence-corrected chi connectivity index (χ4v) is 3.04.